The standard InChI is InChI=1S/C17H23N7/c1-2-8-24-17(19-20-21-24)14-22-9-10-23(16(11-18)13-22)12-15-6-4-3-5-7-15/h3-7,16H,2,8-10,12-14H2,1H3/t16-/m1/s1. The Bertz CT molecular complexity index is 676. The van der Waals surface area contributed by atoms with Crippen LogP contribution in [-0.4, -0.2) is 55.7 Å². The van der Waals surface area contributed by atoms with Gasteiger partial charge >= 0.3 is 0 Å². The molecule has 7 nitrogen and oxygen atoms in total. The lowest BCUT2D eigenvalue weighted by Crippen LogP contribution is -2.51. The smallest absolute Gasteiger partial charge is 0.165 e. The maximum Gasteiger partial charge on any atom is 0.165 e. The van der Waals surface area contributed by atoms with E-state index in [9.17, 15) is 5.26 Å². The number of hydrogen-bond donors (Lipinski definition) is 0. The van der Waals surface area contributed by atoms with Gasteiger partial charge in [-0.15, -0.1) is 5.10 Å². The molecule has 1 aliphatic heterocycles. The number of tetrazole rings is 1. The van der Waals surface area contributed by atoms with E-state index in [1.165, 1.54) is 5.56 Å². The maximum atomic E-state index is 9.56. The van der Waals surface area contributed by atoms with Crippen molar-refractivity contribution in [3.05, 3.63) is 41.7 Å². The number of piperazine rings is 1. The zero-order chi connectivity index (χ0) is 16.8. The lowest BCUT2D eigenvalue weighted by atomic mass is 10.1. The second kappa shape index (κ2) is 7.99. The molecule has 0 N–H and O–H groups in total. The van der Waals surface area contributed by atoms with Crippen LogP contribution < -0.4 is 0 Å². The van der Waals surface area contributed by atoms with Crippen molar-refractivity contribution in [2.45, 2.75) is 39.0 Å². The molecule has 2 aromatic rings. The molecular weight excluding hydrogens is 302 g/mol. The Labute approximate surface area is 142 Å². The lowest BCUT2D eigenvalue weighted by Gasteiger charge is -2.38. The van der Waals surface area contributed by atoms with Crippen molar-refractivity contribution in [1.82, 2.24) is 30.0 Å². The van der Waals surface area contributed by atoms with Gasteiger partial charge in [0.1, 0.15) is 6.04 Å². The van der Waals surface area contributed by atoms with Crippen molar-refractivity contribution in [1.29, 1.82) is 5.26 Å². The van der Waals surface area contributed by atoms with Gasteiger partial charge in [0, 0.05) is 32.7 Å². The van der Waals surface area contributed by atoms with E-state index in [1.54, 1.807) is 0 Å². The summed E-state index contributed by atoms with van der Waals surface area (Å²) in [5.74, 6) is 0.880. The highest BCUT2D eigenvalue weighted by molar-refractivity contribution is 5.15. The van der Waals surface area contributed by atoms with Crippen molar-refractivity contribution in [2.24, 2.45) is 0 Å². The summed E-state index contributed by atoms with van der Waals surface area (Å²) >= 11 is 0. The molecule has 1 atom stereocenters. The Morgan fingerprint density at radius 3 is 2.79 bits per heavy atom. The van der Waals surface area contributed by atoms with Crippen LogP contribution in [0.25, 0.3) is 0 Å². The number of nitrogens with zero attached hydrogens (tertiary/aromatic N) is 7. The zero-order valence-electron chi connectivity index (χ0n) is 14.0. The number of nitriles is 1. The summed E-state index contributed by atoms with van der Waals surface area (Å²) in [5.41, 5.74) is 1.25. The van der Waals surface area contributed by atoms with Gasteiger partial charge in [-0.3, -0.25) is 9.80 Å². The van der Waals surface area contributed by atoms with Crippen molar-refractivity contribution in [3.63, 3.8) is 0 Å². The van der Waals surface area contributed by atoms with Crippen LogP contribution in [0.1, 0.15) is 24.7 Å². The minimum Gasteiger partial charge on any atom is -0.292 e. The summed E-state index contributed by atoms with van der Waals surface area (Å²) in [7, 11) is 0. The van der Waals surface area contributed by atoms with Gasteiger partial charge in [-0.25, -0.2) is 4.68 Å². The molecule has 24 heavy (non-hydrogen) atoms. The highest BCUT2D eigenvalue weighted by Crippen LogP contribution is 2.15. The second-order valence-electron chi connectivity index (χ2n) is 6.15. The third-order valence-electron chi connectivity index (χ3n) is 4.36. The summed E-state index contributed by atoms with van der Waals surface area (Å²) in [6, 6.07) is 12.7. The number of aromatic nitrogens is 4. The van der Waals surface area contributed by atoms with Gasteiger partial charge in [-0.05, 0) is 22.4 Å². The average molecular weight is 325 g/mol. The first kappa shape index (κ1) is 16.6. The van der Waals surface area contributed by atoms with Crippen molar-refractivity contribution < 1.29 is 0 Å². The molecular formula is C17H23N7. The quantitative estimate of drug-likeness (QED) is 0.797. The van der Waals surface area contributed by atoms with E-state index in [4.69, 9.17) is 0 Å². The average Bonchev–Trinajstić information content (AvgIpc) is 3.04. The van der Waals surface area contributed by atoms with Gasteiger partial charge in [0.25, 0.3) is 0 Å². The molecule has 2 heterocycles. The first-order valence-electron chi connectivity index (χ1n) is 8.45. The Balaban J connectivity index is 1.60. The largest absolute Gasteiger partial charge is 0.292 e. The molecule has 0 amide bonds. The first-order chi connectivity index (χ1) is 11.8. The van der Waals surface area contributed by atoms with E-state index in [-0.39, 0.29) is 6.04 Å². The van der Waals surface area contributed by atoms with Gasteiger partial charge in [-0.1, -0.05) is 37.3 Å². The number of benzene rings is 1. The van der Waals surface area contributed by atoms with Crippen molar-refractivity contribution in [3.8, 4) is 6.07 Å². The van der Waals surface area contributed by atoms with E-state index in [0.29, 0.717) is 6.54 Å². The molecule has 0 aliphatic carbocycles. The fourth-order valence-electron chi connectivity index (χ4n) is 3.07. The van der Waals surface area contributed by atoms with Gasteiger partial charge in [0.2, 0.25) is 0 Å². The molecule has 3 rings (SSSR count). The van der Waals surface area contributed by atoms with Crippen LogP contribution in [0, 0.1) is 11.3 Å². The van der Waals surface area contributed by atoms with Crippen LogP contribution in [0.15, 0.2) is 30.3 Å². The normalized spacial score (nSPS) is 19.2. The molecule has 1 saturated heterocycles. The summed E-state index contributed by atoms with van der Waals surface area (Å²) in [4.78, 5) is 4.52. The fraction of sp³-hybridized carbons (Fsp3) is 0.529. The highest BCUT2D eigenvalue weighted by Gasteiger charge is 2.27. The van der Waals surface area contributed by atoms with E-state index < -0.39 is 0 Å². The maximum absolute atomic E-state index is 9.56. The number of aryl methyl sites for hydroxylation is 1. The molecule has 0 unspecified atom stereocenters. The predicted molar refractivity (Wildman–Crippen MR) is 89.6 cm³/mol. The molecule has 126 valence electrons. The molecule has 0 spiro atoms. The molecule has 1 aromatic heterocycles. The van der Waals surface area contributed by atoms with Gasteiger partial charge in [0.05, 0.1) is 12.6 Å². The van der Waals surface area contributed by atoms with Crippen LogP contribution in [0.3, 0.4) is 0 Å². The molecule has 1 aromatic carbocycles. The number of rotatable bonds is 6. The van der Waals surface area contributed by atoms with Crippen molar-refractivity contribution >= 4 is 0 Å². The Morgan fingerprint density at radius 1 is 1.21 bits per heavy atom. The van der Waals surface area contributed by atoms with Crippen LogP contribution in [-0.2, 0) is 19.6 Å². The Morgan fingerprint density at radius 2 is 2.04 bits per heavy atom. The molecule has 7 heteroatoms. The number of hydrogen-bond acceptors (Lipinski definition) is 6. The third-order valence-corrected chi connectivity index (χ3v) is 4.36. The van der Waals surface area contributed by atoms with Crippen LogP contribution >= 0.6 is 0 Å². The van der Waals surface area contributed by atoms with Crippen LogP contribution in [0.5, 0.6) is 0 Å². The summed E-state index contributed by atoms with van der Waals surface area (Å²) in [6.07, 6.45) is 1.00. The first-order valence-corrected chi connectivity index (χ1v) is 8.45. The Kier molecular flexibility index (Phi) is 5.51. The summed E-state index contributed by atoms with van der Waals surface area (Å²) in [6.45, 7) is 6.98. The molecule has 1 fully saturated rings. The third kappa shape index (κ3) is 3.96. The van der Waals surface area contributed by atoms with E-state index in [0.717, 1.165) is 45.0 Å². The lowest BCUT2D eigenvalue weighted by molar-refractivity contribution is 0.0874. The molecule has 0 radical (unpaired) electrons. The van der Waals surface area contributed by atoms with Gasteiger partial charge in [-0.2, -0.15) is 5.26 Å². The summed E-state index contributed by atoms with van der Waals surface area (Å²) < 4.78 is 1.86. The van der Waals surface area contributed by atoms with Crippen LogP contribution in [0.4, 0.5) is 0 Å². The minimum absolute atomic E-state index is 0.102. The fourth-order valence-corrected chi connectivity index (χ4v) is 3.07. The zero-order valence-corrected chi connectivity index (χ0v) is 14.0. The Hall–Kier alpha value is -2.30. The topological polar surface area (TPSA) is 73.9 Å². The van der Waals surface area contributed by atoms with E-state index in [1.807, 2.05) is 22.9 Å². The molecule has 0 bridgehead atoms. The molecule has 0 saturated carbocycles. The van der Waals surface area contributed by atoms with Crippen molar-refractivity contribution in [2.75, 3.05) is 19.6 Å². The summed E-state index contributed by atoms with van der Waals surface area (Å²) in [5, 5.41) is 21.5. The highest BCUT2D eigenvalue weighted by atomic mass is 15.5. The molecule has 1 aliphatic rings. The predicted octanol–water partition coefficient (Wildman–Crippen LogP) is 1.29. The van der Waals surface area contributed by atoms with Gasteiger partial charge < -0.3 is 0 Å². The van der Waals surface area contributed by atoms with E-state index in [2.05, 4.69) is 50.5 Å². The van der Waals surface area contributed by atoms with Gasteiger partial charge in [0.15, 0.2) is 5.82 Å². The second-order valence-corrected chi connectivity index (χ2v) is 6.15. The monoisotopic (exact) mass is 325 g/mol. The minimum atomic E-state index is -0.102. The van der Waals surface area contributed by atoms with E-state index >= 15 is 0 Å². The van der Waals surface area contributed by atoms with Crippen LogP contribution in [0.2, 0.25) is 0 Å². The SMILES string of the molecule is CCCn1nnnc1CN1CCN(Cc2ccccc2)[C@H](C#N)C1.